The first kappa shape index (κ1) is 14.1. The zero-order chi connectivity index (χ0) is 13.7. The molecule has 1 N–H and O–H groups in total. The monoisotopic (exact) mass is 278 g/mol. The standard InChI is InChI=1S/C15H19ClN2O/c1-3-5-18-15(13-7-11(2)19-10-13)8-12-4-6-17-9-14(12)16/h4,6-7,9-10,15,18H,3,5,8H2,1-2H3. The summed E-state index contributed by atoms with van der Waals surface area (Å²) in [4.78, 5) is 4.02. The molecule has 0 aliphatic rings. The van der Waals surface area contributed by atoms with Gasteiger partial charge in [-0.05, 0) is 44.0 Å². The van der Waals surface area contributed by atoms with Crippen molar-refractivity contribution < 1.29 is 4.42 Å². The van der Waals surface area contributed by atoms with Gasteiger partial charge >= 0.3 is 0 Å². The van der Waals surface area contributed by atoms with E-state index in [1.807, 2.05) is 19.3 Å². The summed E-state index contributed by atoms with van der Waals surface area (Å²) in [5, 5.41) is 4.25. The lowest BCUT2D eigenvalue weighted by Gasteiger charge is -2.17. The predicted molar refractivity (Wildman–Crippen MR) is 77.4 cm³/mol. The molecule has 0 spiro atoms. The molecule has 1 unspecified atom stereocenters. The van der Waals surface area contributed by atoms with Crippen molar-refractivity contribution in [1.82, 2.24) is 10.3 Å². The third-order valence-electron chi connectivity index (χ3n) is 3.07. The van der Waals surface area contributed by atoms with Crippen molar-refractivity contribution >= 4 is 11.6 Å². The van der Waals surface area contributed by atoms with Crippen molar-refractivity contribution in [3.8, 4) is 0 Å². The SMILES string of the molecule is CCCNC(Cc1ccncc1Cl)c1coc(C)c1. The third kappa shape index (κ3) is 3.82. The van der Waals surface area contributed by atoms with Crippen LogP contribution in [0.2, 0.25) is 5.02 Å². The largest absolute Gasteiger partial charge is 0.469 e. The Bertz CT molecular complexity index is 524. The summed E-state index contributed by atoms with van der Waals surface area (Å²) in [6, 6.07) is 4.26. The fraction of sp³-hybridized carbons (Fsp3) is 0.400. The number of hydrogen-bond donors (Lipinski definition) is 1. The van der Waals surface area contributed by atoms with Crippen LogP contribution in [-0.2, 0) is 6.42 Å². The maximum atomic E-state index is 6.18. The molecule has 0 saturated heterocycles. The van der Waals surface area contributed by atoms with E-state index in [4.69, 9.17) is 16.0 Å². The average molecular weight is 279 g/mol. The van der Waals surface area contributed by atoms with Crippen LogP contribution in [0.5, 0.6) is 0 Å². The Labute approximate surface area is 119 Å². The van der Waals surface area contributed by atoms with Gasteiger partial charge in [0.1, 0.15) is 5.76 Å². The van der Waals surface area contributed by atoms with Gasteiger partial charge in [0.2, 0.25) is 0 Å². The summed E-state index contributed by atoms with van der Waals surface area (Å²) in [6.07, 6.45) is 7.21. The van der Waals surface area contributed by atoms with E-state index in [9.17, 15) is 0 Å². The molecule has 0 saturated carbocycles. The highest BCUT2D eigenvalue weighted by molar-refractivity contribution is 6.31. The van der Waals surface area contributed by atoms with Crippen molar-refractivity contribution in [3.05, 3.63) is 52.7 Å². The van der Waals surface area contributed by atoms with E-state index in [1.54, 1.807) is 12.4 Å². The summed E-state index contributed by atoms with van der Waals surface area (Å²) in [7, 11) is 0. The number of nitrogens with zero attached hydrogens (tertiary/aromatic N) is 1. The molecule has 2 heterocycles. The number of aryl methyl sites for hydroxylation is 1. The lowest BCUT2D eigenvalue weighted by atomic mass is 10.0. The maximum Gasteiger partial charge on any atom is 0.101 e. The van der Waals surface area contributed by atoms with Crippen molar-refractivity contribution in [2.24, 2.45) is 0 Å². The Morgan fingerprint density at radius 1 is 1.47 bits per heavy atom. The zero-order valence-corrected chi connectivity index (χ0v) is 12.1. The number of pyridine rings is 1. The number of hydrogen-bond acceptors (Lipinski definition) is 3. The second-order valence-corrected chi connectivity index (χ2v) is 5.08. The number of rotatable bonds is 6. The fourth-order valence-corrected chi connectivity index (χ4v) is 2.26. The third-order valence-corrected chi connectivity index (χ3v) is 3.41. The van der Waals surface area contributed by atoms with Crippen molar-refractivity contribution in [2.75, 3.05) is 6.54 Å². The van der Waals surface area contributed by atoms with Gasteiger partial charge in [-0.15, -0.1) is 0 Å². The van der Waals surface area contributed by atoms with Crippen LogP contribution in [0.1, 0.15) is 36.3 Å². The Kier molecular flexibility index (Phi) is 5.00. The van der Waals surface area contributed by atoms with Crippen molar-refractivity contribution in [1.29, 1.82) is 0 Å². The predicted octanol–water partition coefficient (Wildman–Crippen LogP) is 3.92. The van der Waals surface area contributed by atoms with Gasteiger partial charge in [0.05, 0.1) is 11.3 Å². The Balaban J connectivity index is 2.16. The molecule has 0 bridgehead atoms. The first-order valence-electron chi connectivity index (χ1n) is 6.57. The summed E-state index contributed by atoms with van der Waals surface area (Å²) < 4.78 is 5.41. The van der Waals surface area contributed by atoms with Gasteiger partial charge in [0, 0.05) is 24.0 Å². The molecule has 0 aromatic carbocycles. The Morgan fingerprint density at radius 2 is 2.32 bits per heavy atom. The van der Waals surface area contributed by atoms with Crippen LogP contribution in [0.15, 0.2) is 35.2 Å². The molecular weight excluding hydrogens is 260 g/mol. The average Bonchev–Trinajstić information content (AvgIpc) is 2.83. The minimum absolute atomic E-state index is 0.220. The fourth-order valence-electron chi connectivity index (χ4n) is 2.06. The molecule has 2 rings (SSSR count). The van der Waals surface area contributed by atoms with Gasteiger partial charge in [0.15, 0.2) is 0 Å². The summed E-state index contributed by atoms with van der Waals surface area (Å²) in [5.74, 6) is 0.930. The van der Waals surface area contributed by atoms with Gasteiger partial charge in [-0.1, -0.05) is 18.5 Å². The van der Waals surface area contributed by atoms with Gasteiger partial charge in [-0.2, -0.15) is 0 Å². The number of nitrogens with one attached hydrogen (secondary N) is 1. The summed E-state index contributed by atoms with van der Waals surface area (Å²) in [5.41, 5.74) is 2.27. The summed E-state index contributed by atoms with van der Waals surface area (Å²) >= 11 is 6.18. The molecule has 0 fully saturated rings. The van der Waals surface area contributed by atoms with Gasteiger partial charge < -0.3 is 9.73 Å². The molecule has 0 amide bonds. The highest BCUT2D eigenvalue weighted by atomic mass is 35.5. The molecule has 102 valence electrons. The molecule has 1 atom stereocenters. The van der Waals surface area contributed by atoms with E-state index in [2.05, 4.69) is 23.3 Å². The van der Waals surface area contributed by atoms with Gasteiger partial charge in [-0.3, -0.25) is 4.98 Å². The highest BCUT2D eigenvalue weighted by Crippen LogP contribution is 2.24. The minimum Gasteiger partial charge on any atom is -0.469 e. The molecule has 4 heteroatoms. The van der Waals surface area contributed by atoms with E-state index in [1.165, 1.54) is 5.56 Å². The van der Waals surface area contributed by atoms with E-state index < -0.39 is 0 Å². The zero-order valence-electron chi connectivity index (χ0n) is 11.3. The first-order chi connectivity index (χ1) is 9.20. The lowest BCUT2D eigenvalue weighted by molar-refractivity contribution is 0.503. The molecule has 3 nitrogen and oxygen atoms in total. The highest BCUT2D eigenvalue weighted by Gasteiger charge is 2.15. The molecule has 2 aromatic rings. The molecule has 19 heavy (non-hydrogen) atoms. The second-order valence-electron chi connectivity index (χ2n) is 4.67. The molecule has 0 aliphatic carbocycles. The number of aromatic nitrogens is 1. The quantitative estimate of drug-likeness (QED) is 0.870. The van der Waals surface area contributed by atoms with Gasteiger partial charge in [-0.25, -0.2) is 0 Å². The van der Waals surface area contributed by atoms with E-state index in [0.29, 0.717) is 5.02 Å². The van der Waals surface area contributed by atoms with Crippen molar-refractivity contribution in [3.63, 3.8) is 0 Å². The molecular formula is C15H19ClN2O. The first-order valence-corrected chi connectivity index (χ1v) is 6.95. The van der Waals surface area contributed by atoms with Crippen LogP contribution in [0, 0.1) is 6.92 Å². The van der Waals surface area contributed by atoms with Crippen LogP contribution < -0.4 is 5.32 Å². The topological polar surface area (TPSA) is 38.1 Å². The molecule has 0 radical (unpaired) electrons. The minimum atomic E-state index is 0.220. The maximum absolute atomic E-state index is 6.18. The number of furan rings is 1. The Hall–Kier alpha value is -1.32. The normalized spacial score (nSPS) is 12.6. The number of halogens is 1. The van der Waals surface area contributed by atoms with Gasteiger partial charge in [0.25, 0.3) is 0 Å². The van der Waals surface area contributed by atoms with Crippen LogP contribution in [0.3, 0.4) is 0 Å². The van der Waals surface area contributed by atoms with Crippen LogP contribution >= 0.6 is 11.6 Å². The molecule has 0 aliphatic heterocycles. The second kappa shape index (κ2) is 6.73. The van der Waals surface area contributed by atoms with Crippen molar-refractivity contribution in [2.45, 2.75) is 32.7 Å². The van der Waals surface area contributed by atoms with E-state index >= 15 is 0 Å². The summed E-state index contributed by atoms with van der Waals surface area (Å²) in [6.45, 7) is 5.08. The van der Waals surface area contributed by atoms with Crippen LogP contribution in [-0.4, -0.2) is 11.5 Å². The lowest BCUT2D eigenvalue weighted by Crippen LogP contribution is -2.23. The van der Waals surface area contributed by atoms with Crippen LogP contribution in [0.4, 0.5) is 0 Å². The van der Waals surface area contributed by atoms with E-state index in [-0.39, 0.29) is 6.04 Å². The van der Waals surface area contributed by atoms with E-state index in [0.717, 1.165) is 30.7 Å². The molecule has 2 aromatic heterocycles. The Morgan fingerprint density at radius 3 is 2.95 bits per heavy atom. The van der Waals surface area contributed by atoms with Crippen LogP contribution in [0.25, 0.3) is 0 Å². The smallest absolute Gasteiger partial charge is 0.101 e.